The molecule has 1 heterocycles. The van der Waals surface area contributed by atoms with E-state index in [4.69, 9.17) is 16.3 Å². The predicted molar refractivity (Wildman–Crippen MR) is 80.4 cm³/mol. The third-order valence-electron chi connectivity index (χ3n) is 3.23. The second-order valence-corrected chi connectivity index (χ2v) is 5.94. The van der Waals surface area contributed by atoms with Crippen molar-refractivity contribution >= 4 is 17.4 Å². The number of rotatable bonds is 6. The van der Waals surface area contributed by atoms with Crippen molar-refractivity contribution in [1.82, 2.24) is 9.55 Å². The maximum atomic E-state index is 12.7. The van der Waals surface area contributed by atoms with Gasteiger partial charge in [-0.05, 0) is 24.3 Å². The molecule has 1 aromatic heterocycles. The molecule has 0 bridgehead atoms. The SMILES string of the molecule is CC(C)(CO)C(=O)C(O)(Oc1ccc(Cl)cc1)n1ccnc1. The summed E-state index contributed by atoms with van der Waals surface area (Å²) < 4.78 is 6.65. The maximum Gasteiger partial charge on any atom is 0.360 e. The Morgan fingerprint density at radius 3 is 2.50 bits per heavy atom. The molecule has 1 unspecified atom stereocenters. The standard InChI is InChI=1S/C15H17ClN2O4/c1-14(2,9-19)13(20)15(21,18-8-7-17-10-18)22-12-5-3-11(16)4-6-12/h3-8,10,19,21H,9H2,1-2H3. The molecule has 22 heavy (non-hydrogen) atoms. The van der Waals surface area contributed by atoms with Gasteiger partial charge < -0.3 is 14.9 Å². The molecule has 0 saturated carbocycles. The summed E-state index contributed by atoms with van der Waals surface area (Å²) in [6.07, 6.45) is 4.08. The Bertz CT molecular complexity index is 640. The molecule has 0 amide bonds. The minimum absolute atomic E-state index is 0.252. The highest BCUT2D eigenvalue weighted by atomic mass is 35.5. The Kier molecular flexibility index (Phi) is 4.55. The largest absolute Gasteiger partial charge is 0.438 e. The second kappa shape index (κ2) is 6.08. The van der Waals surface area contributed by atoms with Crippen LogP contribution in [0.4, 0.5) is 0 Å². The summed E-state index contributed by atoms with van der Waals surface area (Å²) in [4.78, 5) is 16.5. The molecule has 0 fully saturated rings. The van der Waals surface area contributed by atoms with Crippen LogP contribution in [0.5, 0.6) is 5.75 Å². The number of carbonyl (C=O) groups is 1. The van der Waals surface area contributed by atoms with E-state index in [9.17, 15) is 15.0 Å². The zero-order chi connectivity index (χ0) is 16.4. The van der Waals surface area contributed by atoms with Crippen molar-refractivity contribution in [2.75, 3.05) is 6.61 Å². The number of ether oxygens (including phenoxy) is 1. The van der Waals surface area contributed by atoms with Gasteiger partial charge in [-0.2, -0.15) is 0 Å². The van der Waals surface area contributed by atoms with Crippen molar-refractivity contribution in [2.45, 2.75) is 19.8 Å². The number of aliphatic hydroxyl groups excluding tert-OH is 1. The number of aliphatic hydroxyl groups is 2. The van der Waals surface area contributed by atoms with Crippen LogP contribution in [0.3, 0.4) is 0 Å². The van der Waals surface area contributed by atoms with Gasteiger partial charge in [-0.25, -0.2) is 4.98 Å². The lowest BCUT2D eigenvalue weighted by molar-refractivity contribution is -0.217. The highest BCUT2D eigenvalue weighted by Gasteiger charge is 2.48. The van der Waals surface area contributed by atoms with Crippen molar-refractivity contribution in [3.8, 4) is 5.75 Å². The summed E-state index contributed by atoms with van der Waals surface area (Å²) in [6.45, 7) is 2.59. The van der Waals surface area contributed by atoms with Gasteiger partial charge in [0, 0.05) is 17.4 Å². The first-order valence-electron chi connectivity index (χ1n) is 6.61. The van der Waals surface area contributed by atoms with Crippen LogP contribution < -0.4 is 4.74 Å². The van der Waals surface area contributed by atoms with Crippen LogP contribution in [0, 0.1) is 5.41 Å². The molecule has 118 valence electrons. The molecular weight excluding hydrogens is 308 g/mol. The van der Waals surface area contributed by atoms with E-state index >= 15 is 0 Å². The molecule has 6 nitrogen and oxygen atoms in total. The van der Waals surface area contributed by atoms with Gasteiger partial charge >= 0.3 is 5.91 Å². The molecule has 0 spiro atoms. The molecule has 0 aliphatic rings. The molecule has 0 aliphatic carbocycles. The van der Waals surface area contributed by atoms with Gasteiger partial charge in [-0.15, -0.1) is 0 Å². The zero-order valence-electron chi connectivity index (χ0n) is 12.2. The number of imidazole rings is 1. The number of carbonyl (C=O) groups excluding carboxylic acids is 1. The lowest BCUT2D eigenvalue weighted by Gasteiger charge is -2.34. The van der Waals surface area contributed by atoms with Crippen molar-refractivity contribution in [2.24, 2.45) is 5.41 Å². The molecule has 0 aliphatic heterocycles. The maximum absolute atomic E-state index is 12.7. The lowest BCUT2D eigenvalue weighted by Crippen LogP contribution is -2.53. The van der Waals surface area contributed by atoms with E-state index in [-0.39, 0.29) is 5.75 Å². The fourth-order valence-electron chi connectivity index (χ4n) is 1.83. The van der Waals surface area contributed by atoms with Gasteiger partial charge in [0.15, 0.2) is 0 Å². The Morgan fingerprint density at radius 1 is 1.36 bits per heavy atom. The first kappa shape index (κ1) is 16.5. The number of Topliss-reactive ketones (excluding diaryl/α,β-unsaturated/α-hetero) is 1. The van der Waals surface area contributed by atoms with Crippen molar-refractivity contribution < 1.29 is 19.7 Å². The van der Waals surface area contributed by atoms with E-state index in [0.29, 0.717) is 5.02 Å². The number of nitrogens with zero attached hydrogens (tertiary/aromatic N) is 2. The summed E-state index contributed by atoms with van der Waals surface area (Å²) in [6, 6.07) is 6.21. The topological polar surface area (TPSA) is 84.6 Å². The van der Waals surface area contributed by atoms with Crippen molar-refractivity contribution in [3.05, 3.63) is 48.0 Å². The summed E-state index contributed by atoms with van der Waals surface area (Å²) in [5.41, 5.74) is -1.20. The van der Waals surface area contributed by atoms with Crippen LogP contribution in [-0.4, -0.2) is 32.2 Å². The number of benzene rings is 1. The second-order valence-electron chi connectivity index (χ2n) is 5.51. The highest BCUT2D eigenvalue weighted by Crippen LogP contribution is 2.30. The van der Waals surface area contributed by atoms with Crippen LogP contribution in [-0.2, 0) is 10.7 Å². The Hall–Kier alpha value is -1.89. The van der Waals surface area contributed by atoms with Gasteiger partial charge in [0.25, 0.3) is 0 Å². The van der Waals surface area contributed by atoms with Crippen molar-refractivity contribution in [3.63, 3.8) is 0 Å². The summed E-state index contributed by atoms with van der Waals surface area (Å²) >= 11 is 5.81. The number of ketones is 1. The van der Waals surface area contributed by atoms with Crippen LogP contribution in [0.25, 0.3) is 0 Å². The fraction of sp³-hybridized carbons (Fsp3) is 0.333. The van der Waals surface area contributed by atoms with E-state index in [2.05, 4.69) is 4.98 Å². The van der Waals surface area contributed by atoms with Gasteiger partial charge in [0.1, 0.15) is 12.1 Å². The van der Waals surface area contributed by atoms with E-state index in [1.165, 1.54) is 44.7 Å². The number of aromatic nitrogens is 2. The Labute approximate surface area is 132 Å². The molecule has 1 aromatic carbocycles. The first-order valence-corrected chi connectivity index (χ1v) is 6.98. The van der Waals surface area contributed by atoms with Gasteiger partial charge in [-0.3, -0.25) is 9.36 Å². The molecule has 1 atom stereocenters. The molecular formula is C15H17ClN2O4. The molecule has 2 aromatic rings. The van der Waals surface area contributed by atoms with E-state index in [0.717, 1.165) is 4.57 Å². The van der Waals surface area contributed by atoms with Crippen LogP contribution in [0.15, 0.2) is 43.0 Å². The minimum atomic E-state index is -2.32. The minimum Gasteiger partial charge on any atom is -0.438 e. The number of hydrogen-bond donors (Lipinski definition) is 2. The lowest BCUT2D eigenvalue weighted by atomic mass is 9.86. The van der Waals surface area contributed by atoms with Gasteiger partial charge in [0.05, 0.1) is 12.0 Å². The van der Waals surface area contributed by atoms with Crippen molar-refractivity contribution in [1.29, 1.82) is 0 Å². The summed E-state index contributed by atoms with van der Waals surface area (Å²) in [5, 5.41) is 20.7. The van der Waals surface area contributed by atoms with Crippen LogP contribution >= 0.6 is 11.6 Å². The van der Waals surface area contributed by atoms with E-state index < -0.39 is 23.7 Å². The van der Waals surface area contributed by atoms with Gasteiger partial charge in [-0.1, -0.05) is 25.4 Å². The zero-order valence-corrected chi connectivity index (χ0v) is 13.0. The summed E-state index contributed by atoms with van der Waals surface area (Å²) in [7, 11) is 0. The monoisotopic (exact) mass is 324 g/mol. The van der Waals surface area contributed by atoms with E-state index in [1.54, 1.807) is 12.1 Å². The summed E-state index contributed by atoms with van der Waals surface area (Å²) in [5.74, 6) is -2.77. The van der Waals surface area contributed by atoms with Crippen LogP contribution in [0.1, 0.15) is 13.8 Å². The first-order chi connectivity index (χ1) is 10.3. The molecule has 0 saturated heterocycles. The molecule has 7 heteroatoms. The highest BCUT2D eigenvalue weighted by molar-refractivity contribution is 6.30. The quantitative estimate of drug-likeness (QED) is 0.792. The average molecular weight is 325 g/mol. The molecule has 2 N–H and O–H groups in total. The van der Waals surface area contributed by atoms with Crippen LogP contribution in [0.2, 0.25) is 5.02 Å². The predicted octanol–water partition coefficient (Wildman–Crippen LogP) is 1.81. The number of halogens is 1. The number of hydrogen-bond acceptors (Lipinski definition) is 5. The molecule has 0 radical (unpaired) electrons. The third kappa shape index (κ3) is 3.14. The Balaban J connectivity index is 2.43. The van der Waals surface area contributed by atoms with E-state index in [1.807, 2.05) is 0 Å². The van der Waals surface area contributed by atoms with Gasteiger partial charge in [0.2, 0.25) is 5.78 Å². The fourth-order valence-corrected chi connectivity index (χ4v) is 1.96. The smallest absolute Gasteiger partial charge is 0.360 e. The average Bonchev–Trinajstić information content (AvgIpc) is 3.03. The Morgan fingerprint density at radius 2 is 2.00 bits per heavy atom. The normalized spacial score (nSPS) is 14.4. The molecule has 2 rings (SSSR count). The third-order valence-corrected chi connectivity index (χ3v) is 3.49.